The van der Waals surface area contributed by atoms with Crippen molar-refractivity contribution in [2.75, 3.05) is 0 Å². The number of allylic oxidation sites excluding steroid dienone is 3. The van der Waals surface area contributed by atoms with Gasteiger partial charge in [0, 0.05) is 191 Å². The number of imidazole rings is 1. The van der Waals surface area contributed by atoms with E-state index < -0.39 is 17.5 Å². The van der Waals surface area contributed by atoms with Gasteiger partial charge in [-0.25, -0.2) is 45.7 Å². The molecule has 14 aromatic carbocycles. The number of Topliss-reactive ketones (excluding diaryl/α,β-unsaturated/α-hetero) is 5. The van der Waals surface area contributed by atoms with Crippen molar-refractivity contribution in [2.45, 2.75) is 32.1 Å². The smallest absolute Gasteiger partial charge is 0.230 e. The maximum atomic E-state index is 13.7. The van der Waals surface area contributed by atoms with Gasteiger partial charge >= 0.3 is 0 Å². The van der Waals surface area contributed by atoms with Gasteiger partial charge in [-0.1, -0.05) is 194 Å². The number of H-pyrrole nitrogens is 9. The summed E-state index contributed by atoms with van der Waals surface area (Å²) in [5.74, 6) is -3.19. The first-order valence-electron chi connectivity index (χ1n) is 47.0. The van der Waals surface area contributed by atoms with E-state index in [2.05, 4.69) is 72.0 Å². The predicted molar refractivity (Wildman–Crippen MR) is 560 cm³/mol. The van der Waals surface area contributed by atoms with Gasteiger partial charge in [-0.05, 0) is 172 Å². The van der Waals surface area contributed by atoms with E-state index in [1.165, 1.54) is 90.8 Å². The quantitative estimate of drug-likeness (QED) is 0.0372. The number of para-hydroxylation sites is 9. The van der Waals surface area contributed by atoms with Crippen LogP contribution in [-0.2, 0) is 32.1 Å². The lowest BCUT2D eigenvalue weighted by Crippen LogP contribution is -2.13. The number of ketones is 7. The monoisotopic (exact) mass is 1940 g/mol. The average molecular weight is 1950 g/mol. The first kappa shape index (κ1) is 92.6. The van der Waals surface area contributed by atoms with Gasteiger partial charge in [-0.2, -0.15) is 0 Å². The van der Waals surface area contributed by atoms with Gasteiger partial charge in [-0.3, -0.25) is 33.6 Å². The number of hydrogen-bond donors (Lipinski definition) is 9. The zero-order chi connectivity index (χ0) is 101. The van der Waals surface area contributed by atoms with E-state index in [0.717, 1.165) is 106 Å². The summed E-state index contributed by atoms with van der Waals surface area (Å²) in [5, 5.41) is 5.73. The van der Waals surface area contributed by atoms with Crippen LogP contribution in [0.25, 0.3) is 116 Å². The summed E-state index contributed by atoms with van der Waals surface area (Å²) in [5.41, 5.74) is 23.8. The van der Waals surface area contributed by atoms with Gasteiger partial charge in [0.1, 0.15) is 40.7 Å². The van der Waals surface area contributed by atoms with Crippen LogP contribution < -0.4 is 0 Å². The Labute approximate surface area is 830 Å². The third-order valence-electron chi connectivity index (χ3n) is 26.6. The topological polar surface area (TPSA) is 299 Å². The second-order valence-electron chi connectivity index (χ2n) is 35.7. The molecule has 19 nitrogen and oxygen atoms in total. The summed E-state index contributed by atoms with van der Waals surface area (Å²) in [6.07, 6.45) is 20.2. The number of halogens is 7. The molecule has 11 heterocycles. The lowest BCUT2D eigenvalue weighted by atomic mass is 10.0. The molecule has 5 aliphatic rings. The molecule has 714 valence electrons. The second kappa shape index (κ2) is 39.3. The molecule has 147 heavy (non-hydrogen) atoms. The number of aliphatic imine (C=N–C) groups is 2. The van der Waals surface area contributed by atoms with Crippen molar-refractivity contribution in [3.63, 3.8) is 0 Å². The Hall–Kier alpha value is -19.4. The maximum absolute atomic E-state index is 13.7. The summed E-state index contributed by atoms with van der Waals surface area (Å²) in [6.45, 7) is 0. The van der Waals surface area contributed by atoms with Gasteiger partial charge in [-0.15, -0.1) is 0 Å². The first-order valence-corrected chi connectivity index (χ1v) is 47.0. The Morgan fingerprint density at radius 2 is 0.585 bits per heavy atom. The van der Waals surface area contributed by atoms with E-state index in [1.54, 1.807) is 91.5 Å². The third-order valence-corrected chi connectivity index (χ3v) is 26.6. The second-order valence-corrected chi connectivity index (χ2v) is 35.7. The first-order chi connectivity index (χ1) is 71.6. The van der Waals surface area contributed by atoms with Gasteiger partial charge in [0.05, 0.1) is 67.2 Å². The number of hydrogen-bond acceptors (Lipinski definition) is 10. The fourth-order valence-corrected chi connectivity index (χ4v) is 19.3. The van der Waals surface area contributed by atoms with Gasteiger partial charge in [0.2, 0.25) is 23.1 Å². The number of nitrogens with one attached hydrogen (secondary N) is 9. The molecule has 0 spiro atoms. The molecule has 28 rings (SSSR count). The van der Waals surface area contributed by atoms with Gasteiger partial charge in [0.25, 0.3) is 0 Å². The molecule has 0 unspecified atom stereocenters. The molecule has 3 aliphatic carbocycles. The van der Waals surface area contributed by atoms with Crippen molar-refractivity contribution in [3.8, 4) is 0 Å². The number of carbonyl (C=O) groups is 7. The molecule has 26 heteroatoms. The Balaban J connectivity index is 0.0000000974. The zero-order valence-electron chi connectivity index (χ0n) is 77.5. The molecule has 9 N–H and O–H groups in total. The van der Waals surface area contributed by atoms with Crippen molar-refractivity contribution in [2.24, 2.45) is 9.98 Å². The minimum Gasteiger partial charge on any atom is -0.360 e. The van der Waals surface area contributed by atoms with Gasteiger partial charge < -0.3 is 44.9 Å². The van der Waals surface area contributed by atoms with Crippen LogP contribution >= 0.6 is 0 Å². The molecule has 0 fully saturated rings. The molecule has 0 radical (unpaired) electrons. The van der Waals surface area contributed by atoms with Crippen molar-refractivity contribution >= 4 is 180 Å². The van der Waals surface area contributed by atoms with E-state index >= 15 is 0 Å². The lowest BCUT2D eigenvalue weighted by Gasteiger charge is -2.00. The van der Waals surface area contributed by atoms with Crippen LogP contribution in [0.2, 0.25) is 0 Å². The van der Waals surface area contributed by atoms with E-state index in [1.807, 2.05) is 176 Å². The Bertz CT molecular complexity index is 9070. The summed E-state index contributed by atoms with van der Waals surface area (Å²) in [4.78, 5) is 128. The summed E-state index contributed by atoms with van der Waals surface area (Å²) in [6, 6.07) is 88.3. The maximum Gasteiger partial charge on any atom is 0.230 e. The fourth-order valence-electron chi connectivity index (χ4n) is 19.3. The lowest BCUT2D eigenvalue weighted by molar-refractivity contribution is 0.102. The summed E-state index contributed by atoms with van der Waals surface area (Å²) < 4.78 is 94.4. The van der Waals surface area contributed by atoms with Gasteiger partial charge in [0.15, 0.2) is 23.2 Å². The van der Waals surface area contributed by atoms with Crippen molar-refractivity contribution in [1.29, 1.82) is 0 Å². The van der Waals surface area contributed by atoms with Crippen LogP contribution in [0.5, 0.6) is 0 Å². The van der Waals surface area contributed by atoms with Crippen LogP contribution in [0.15, 0.2) is 373 Å². The molecule has 0 saturated carbocycles. The molecule has 2 aliphatic heterocycles. The number of nitrogens with zero attached hydrogens (tertiary/aromatic N) is 3. The SMILES string of the molecule is O=C(C1=Cc2cc(F)ccc2C1)c1c[nH]c2ccccc12.O=C(C1=Cc2ccccc2C1)c1c[nH]c2c(F)cccc12.O=C(C1=Cc2ccccc2C1)c1c[nH]c2ccccc12.O=C(C1=Nc2ccccc2C1)c1c[nH]c2c(F)cccc12.O=C(C1=Nc2ccccc2C1)c1c[nH]c2ccccc12.O=C(c1cc2cc(F)ccc2[nH]1)c1c[nH]c2c(F)cccc12.O=C(c1nc2ccc(F)cc2[nH]1)c1c[nH]c2c(F)cccc12. The van der Waals surface area contributed by atoms with Crippen LogP contribution in [0.3, 0.4) is 0 Å². The Morgan fingerprint density at radius 3 is 1.03 bits per heavy atom. The largest absolute Gasteiger partial charge is 0.360 e. The molecule has 0 atom stereocenters. The molecule has 0 saturated heterocycles. The summed E-state index contributed by atoms with van der Waals surface area (Å²) >= 11 is 0. The normalized spacial score (nSPS) is 12.7. The fraction of sp³-hybridized carbons (Fsp3) is 0.0413. The zero-order valence-corrected chi connectivity index (χ0v) is 77.5. The van der Waals surface area contributed by atoms with Crippen molar-refractivity contribution < 1.29 is 64.3 Å². The minimum absolute atomic E-state index is 0.00376. The highest BCUT2D eigenvalue weighted by Crippen LogP contribution is 2.38. The number of rotatable bonds is 14. The van der Waals surface area contributed by atoms with Crippen LogP contribution in [0.4, 0.5) is 42.1 Å². The molecular weight excluding hydrogens is 1870 g/mol. The van der Waals surface area contributed by atoms with E-state index in [9.17, 15) is 64.3 Å². The van der Waals surface area contributed by atoms with E-state index in [0.29, 0.717) is 142 Å². The number of carbonyl (C=O) groups excluding carboxylic acids is 7. The summed E-state index contributed by atoms with van der Waals surface area (Å²) in [7, 11) is 0. The van der Waals surface area contributed by atoms with Crippen molar-refractivity contribution in [1.82, 2.24) is 49.8 Å². The molecule has 0 bridgehead atoms. The Morgan fingerprint density at radius 1 is 0.245 bits per heavy atom. The molecular formula is C121H79F7N12O7. The van der Waals surface area contributed by atoms with Crippen LogP contribution in [0, 0.1) is 40.7 Å². The Kier molecular flexibility index (Phi) is 24.7. The third kappa shape index (κ3) is 18.3. The molecule has 9 aromatic heterocycles. The number of aromatic nitrogens is 10. The predicted octanol–water partition coefficient (Wildman–Crippen LogP) is 27.5. The highest BCUT2D eigenvalue weighted by atomic mass is 19.2. The van der Waals surface area contributed by atoms with Crippen LogP contribution in [-0.4, -0.2) is 102 Å². The minimum atomic E-state index is -0.428. The van der Waals surface area contributed by atoms with E-state index in [-0.39, 0.29) is 75.1 Å². The molecule has 0 amide bonds. The average Bonchev–Trinajstić information content (AvgIpc) is 1.69. The van der Waals surface area contributed by atoms with Crippen molar-refractivity contribution in [3.05, 3.63) is 499 Å². The number of benzene rings is 14. The number of fused-ring (bicyclic) bond motifs is 14. The van der Waals surface area contributed by atoms with E-state index in [4.69, 9.17) is 0 Å². The number of aromatic amines is 9. The highest BCUT2D eigenvalue weighted by molar-refractivity contribution is 6.50. The standard InChI is InChI=1S/2C18H12FNO.C18H13NO.C17H10F2N2O.C17H11FN2O.C17H12N2O.C16H9F2N3O/c19-16-7-3-6-14-15(10-20-17(14)16)18(21)13-8-11-4-1-2-5-12(11)9-13;19-14-6-5-11-7-13(8-12(11)9-14)18(21)16-10-20-17-4-2-1-3-15(16)17;20-18(14-9-12-5-1-2-6-13(12)10-14)16-11-19-17-8-4-3-7-15(16)17;18-10-4-5-14-9(6-10)7-15(21-14)17(22)12-8-20-16-11(12)2-1-3-13(16)19;18-13-6-3-5-11-12(9-19-16(11)13)17(21)15-8-10-4-1-2-7-14(10)20-15;20-17(13-10-18-15-8-4-2-6-12(13)15)16-9-11-5-1-3-7-14(11)19-16;17-8-4-5-12-13(6-8)21-16(20-12)15(22)10-7-19-14-9(10)2-1-3-11(14)18/h1-8,10,20H,9H2;1-6,8-10,20H,7H2;1-9,11,19H,10H2;1-8,20-21H;1-7,9,19H,8H2;1-8,10,18H,9H2;1-7,19H,(H,20,21). The highest BCUT2D eigenvalue weighted by Gasteiger charge is 2.31. The molecule has 23 aromatic rings. The van der Waals surface area contributed by atoms with Crippen LogP contribution in [0.1, 0.15) is 129 Å².